The third kappa shape index (κ3) is 5.02. The molecule has 10 heteroatoms. The number of imide groups is 1. The van der Waals surface area contributed by atoms with Gasteiger partial charge in [0.25, 0.3) is 11.6 Å². The minimum atomic E-state index is -1.51. The molecule has 9 nitrogen and oxygen atoms in total. The van der Waals surface area contributed by atoms with Gasteiger partial charge in [-0.2, -0.15) is 0 Å². The molecule has 27 heavy (non-hydrogen) atoms. The summed E-state index contributed by atoms with van der Waals surface area (Å²) < 4.78 is 5.18. The molecule has 140 valence electrons. The topological polar surface area (TPSA) is 128 Å². The summed E-state index contributed by atoms with van der Waals surface area (Å²) in [5.74, 6) is -2.05. The van der Waals surface area contributed by atoms with E-state index in [9.17, 15) is 24.5 Å². The average molecular weight is 392 g/mol. The third-order valence-electron chi connectivity index (χ3n) is 3.40. The van der Waals surface area contributed by atoms with Crippen LogP contribution in [0.15, 0.2) is 48.5 Å². The highest BCUT2D eigenvalue weighted by atomic mass is 35.5. The van der Waals surface area contributed by atoms with Crippen molar-refractivity contribution in [3.8, 4) is 0 Å². The number of hydrogen-bond donors (Lipinski definition) is 2. The van der Waals surface area contributed by atoms with Crippen LogP contribution in [0.5, 0.6) is 0 Å². The van der Waals surface area contributed by atoms with Crippen LogP contribution in [0.2, 0.25) is 5.02 Å². The minimum Gasteiger partial charge on any atom is -0.443 e. The number of carbonyl (C=O) groups excluding carboxylic acids is 3. The molecule has 0 fully saturated rings. The number of urea groups is 1. The van der Waals surface area contributed by atoms with Gasteiger partial charge in [0.2, 0.25) is 6.10 Å². The number of nitro benzene ring substituents is 1. The lowest BCUT2D eigenvalue weighted by atomic mass is 10.1. The van der Waals surface area contributed by atoms with E-state index in [0.29, 0.717) is 0 Å². The molecular formula is C17H14ClN3O6. The number of esters is 1. The molecule has 1 atom stereocenters. The minimum absolute atomic E-state index is 0.0821. The van der Waals surface area contributed by atoms with Crippen molar-refractivity contribution in [1.82, 2.24) is 10.6 Å². The van der Waals surface area contributed by atoms with Crippen molar-refractivity contribution in [3.05, 3.63) is 74.8 Å². The van der Waals surface area contributed by atoms with E-state index in [4.69, 9.17) is 16.3 Å². The summed E-state index contributed by atoms with van der Waals surface area (Å²) in [6, 6.07) is 10.5. The van der Waals surface area contributed by atoms with E-state index in [0.717, 1.165) is 12.1 Å². The van der Waals surface area contributed by atoms with Crippen LogP contribution in [0.3, 0.4) is 0 Å². The summed E-state index contributed by atoms with van der Waals surface area (Å²) in [6.45, 7) is 0. The maximum absolute atomic E-state index is 12.5. The van der Waals surface area contributed by atoms with Gasteiger partial charge in [-0.05, 0) is 12.1 Å². The van der Waals surface area contributed by atoms with Gasteiger partial charge in [0.1, 0.15) is 5.56 Å². The average Bonchev–Trinajstić information content (AvgIpc) is 2.65. The molecule has 2 aromatic rings. The summed E-state index contributed by atoms with van der Waals surface area (Å²) in [4.78, 5) is 46.6. The van der Waals surface area contributed by atoms with Crippen LogP contribution in [0.1, 0.15) is 22.0 Å². The standard InChI is InChI=1S/C17H14ClN3O6/c1-19-17(24)20-15(22)14(10-5-3-2-4-6-10)27-16(23)12-9-11(18)7-8-13(12)21(25)26/h2-9,14H,1H3,(H2,19,20,22,24)/t14-/m1/s1. The highest BCUT2D eigenvalue weighted by molar-refractivity contribution is 6.31. The number of rotatable bonds is 5. The second-order valence-corrected chi connectivity index (χ2v) is 5.62. The molecule has 0 aliphatic carbocycles. The van der Waals surface area contributed by atoms with Crippen LogP contribution in [0, 0.1) is 10.1 Å². The molecule has 0 unspecified atom stereocenters. The highest BCUT2D eigenvalue weighted by Crippen LogP contribution is 2.26. The highest BCUT2D eigenvalue weighted by Gasteiger charge is 2.30. The first-order chi connectivity index (χ1) is 12.8. The van der Waals surface area contributed by atoms with Gasteiger partial charge in [-0.25, -0.2) is 9.59 Å². The molecular weight excluding hydrogens is 378 g/mol. The first-order valence-corrected chi connectivity index (χ1v) is 7.93. The molecule has 0 aromatic heterocycles. The smallest absolute Gasteiger partial charge is 0.346 e. The van der Waals surface area contributed by atoms with Gasteiger partial charge in [-0.15, -0.1) is 0 Å². The Morgan fingerprint density at radius 1 is 1.15 bits per heavy atom. The van der Waals surface area contributed by atoms with Gasteiger partial charge in [0.15, 0.2) is 0 Å². The van der Waals surface area contributed by atoms with Gasteiger partial charge in [-0.3, -0.25) is 20.2 Å². The molecule has 2 N–H and O–H groups in total. The SMILES string of the molecule is CNC(=O)NC(=O)[C@H](OC(=O)c1cc(Cl)ccc1[N+](=O)[O-])c1ccccc1. The molecule has 0 aliphatic heterocycles. The van der Waals surface area contributed by atoms with Crippen LogP contribution in [0.25, 0.3) is 0 Å². The maximum atomic E-state index is 12.5. The first kappa shape index (κ1) is 19.9. The monoisotopic (exact) mass is 391 g/mol. The molecule has 0 saturated carbocycles. The number of amides is 3. The summed E-state index contributed by atoms with van der Waals surface area (Å²) in [7, 11) is 1.31. The number of ether oxygens (including phenoxy) is 1. The van der Waals surface area contributed by atoms with Crippen molar-refractivity contribution in [3.63, 3.8) is 0 Å². The summed E-state index contributed by atoms with van der Waals surface area (Å²) in [5, 5.41) is 15.4. The fraction of sp³-hybridized carbons (Fsp3) is 0.118. The zero-order chi connectivity index (χ0) is 20.0. The molecule has 0 radical (unpaired) electrons. The molecule has 2 aromatic carbocycles. The van der Waals surface area contributed by atoms with E-state index in [1.54, 1.807) is 18.2 Å². The van der Waals surface area contributed by atoms with E-state index in [1.807, 2.05) is 5.32 Å². The Morgan fingerprint density at radius 2 is 1.81 bits per heavy atom. The van der Waals surface area contributed by atoms with E-state index >= 15 is 0 Å². The predicted molar refractivity (Wildman–Crippen MR) is 95.3 cm³/mol. The fourth-order valence-corrected chi connectivity index (χ4v) is 2.31. The normalized spacial score (nSPS) is 11.2. The Labute approximate surface area is 158 Å². The largest absolute Gasteiger partial charge is 0.443 e. The molecule has 0 saturated heterocycles. The number of nitro groups is 1. The zero-order valence-electron chi connectivity index (χ0n) is 14.0. The Bertz CT molecular complexity index is 887. The lowest BCUT2D eigenvalue weighted by Gasteiger charge is -2.17. The second kappa shape index (κ2) is 8.77. The van der Waals surface area contributed by atoms with Crippen LogP contribution in [-0.4, -0.2) is 29.9 Å². The van der Waals surface area contributed by atoms with Gasteiger partial charge in [0.05, 0.1) is 4.92 Å². The Kier molecular flexibility index (Phi) is 6.45. The Morgan fingerprint density at radius 3 is 2.41 bits per heavy atom. The number of nitrogens with one attached hydrogen (secondary N) is 2. The number of hydrogen-bond acceptors (Lipinski definition) is 6. The summed E-state index contributed by atoms with van der Waals surface area (Å²) in [6.07, 6.45) is -1.51. The lowest BCUT2D eigenvalue weighted by molar-refractivity contribution is -0.385. The van der Waals surface area contributed by atoms with Crippen molar-refractivity contribution in [2.24, 2.45) is 0 Å². The van der Waals surface area contributed by atoms with Crippen molar-refractivity contribution >= 4 is 35.2 Å². The van der Waals surface area contributed by atoms with Crippen molar-refractivity contribution in [1.29, 1.82) is 0 Å². The van der Waals surface area contributed by atoms with Crippen molar-refractivity contribution in [2.75, 3.05) is 7.05 Å². The van der Waals surface area contributed by atoms with E-state index in [1.165, 1.54) is 25.2 Å². The summed E-state index contributed by atoms with van der Waals surface area (Å²) >= 11 is 5.81. The fourth-order valence-electron chi connectivity index (χ4n) is 2.14. The van der Waals surface area contributed by atoms with Crippen LogP contribution >= 0.6 is 11.6 Å². The number of carbonyl (C=O) groups is 3. The molecule has 3 amide bonds. The molecule has 0 bridgehead atoms. The lowest BCUT2D eigenvalue weighted by Crippen LogP contribution is -2.41. The van der Waals surface area contributed by atoms with Crippen molar-refractivity contribution in [2.45, 2.75) is 6.10 Å². The Hall–Kier alpha value is -3.46. The molecule has 0 heterocycles. The number of benzene rings is 2. The van der Waals surface area contributed by atoms with E-state index < -0.39 is 40.2 Å². The van der Waals surface area contributed by atoms with Gasteiger partial charge < -0.3 is 10.1 Å². The quantitative estimate of drug-likeness (QED) is 0.458. The summed E-state index contributed by atoms with van der Waals surface area (Å²) in [5.41, 5.74) is -0.666. The second-order valence-electron chi connectivity index (χ2n) is 5.18. The van der Waals surface area contributed by atoms with Gasteiger partial charge in [-0.1, -0.05) is 41.9 Å². The maximum Gasteiger partial charge on any atom is 0.346 e. The van der Waals surface area contributed by atoms with E-state index in [2.05, 4.69) is 5.32 Å². The zero-order valence-corrected chi connectivity index (χ0v) is 14.7. The van der Waals surface area contributed by atoms with E-state index in [-0.39, 0.29) is 10.6 Å². The van der Waals surface area contributed by atoms with Crippen LogP contribution in [-0.2, 0) is 9.53 Å². The van der Waals surface area contributed by atoms with Crippen LogP contribution < -0.4 is 10.6 Å². The van der Waals surface area contributed by atoms with Gasteiger partial charge in [0, 0.05) is 23.7 Å². The number of halogens is 1. The van der Waals surface area contributed by atoms with Crippen LogP contribution in [0.4, 0.5) is 10.5 Å². The molecule has 0 aliphatic rings. The Balaban J connectivity index is 2.37. The first-order valence-electron chi connectivity index (χ1n) is 7.56. The molecule has 2 rings (SSSR count). The predicted octanol–water partition coefficient (Wildman–Crippen LogP) is 2.60. The van der Waals surface area contributed by atoms with Gasteiger partial charge >= 0.3 is 12.0 Å². The molecule has 0 spiro atoms. The third-order valence-corrected chi connectivity index (χ3v) is 3.64. The van der Waals surface area contributed by atoms with Crippen molar-refractivity contribution < 1.29 is 24.0 Å². The number of nitrogens with zero attached hydrogens (tertiary/aromatic N) is 1.